The number of H-pyrrole nitrogens is 1. The van der Waals surface area contributed by atoms with Crippen LogP contribution in [0.15, 0.2) is 30.3 Å². The van der Waals surface area contributed by atoms with E-state index in [1.807, 2.05) is 12.1 Å². The summed E-state index contributed by atoms with van der Waals surface area (Å²) in [5.41, 5.74) is 5.04. The smallest absolute Gasteiger partial charge is 0.142 e. The third kappa shape index (κ3) is 2.20. The summed E-state index contributed by atoms with van der Waals surface area (Å²) >= 11 is 2.23. The molecule has 1 heterocycles. The number of nitrogens with zero attached hydrogens (tertiary/aromatic N) is 1. The maximum Gasteiger partial charge on any atom is 0.142 e. The van der Waals surface area contributed by atoms with Crippen LogP contribution in [-0.2, 0) is 0 Å². The van der Waals surface area contributed by atoms with Gasteiger partial charge in [-0.1, -0.05) is 6.07 Å². The topological polar surface area (TPSA) is 48.9 Å². The molecule has 0 aliphatic carbocycles. The van der Waals surface area contributed by atoms with Gasteiger partial charge in [0.2, 0.25) is 0 Å². The maximum absolute atomic E-state index is 9.97. The molecule has 0 aliphatic rings. The van der Waals surface area contributed by atoms with Gasteiger partial charge in [0.25, 0.3) is 0 Å². The number of benzene rings is 2. The van der Waals surface area contributed by atoms with Gasteiger partial charge < -0.3 is 10.1 Å². The Hall–Kier alpha value is -1.56. The first-order chi connectivity index (χ1) is 9.04. The lowest BCUT2D eigenvalue weighted by Crippen LogP contribution is -1.83. The lowest BCUT2D eigenvalue weighted by Gasteiger charge is -2.01. The van der Waals surface area contributed by atoms with Crippen molar-refractivity contribution in [2.75, 3.05) is 0 Å². The molecule has 0 aliphatic heterocycles. The SMILES string of the molecule is Cc1cc(C)c2nc(-c3cc(I)ccc3O)[nH]c2c1. The molecule has 0 fully saturated rings. The number of phenolic OH excluding ortho intramolecular Hbond substituents is 1. The van der Waals surface area contributed by atoms with E-state index in [0.717, 1.165) is 25.7 Å². The molecular weight excluding hydrogens is 351 g/mol. The fraction of sp³-hybridized carbons (Fsp3) is 0.133. The van der Waals surface area contributed by atoms with Crippen molar-refractivity contribution in [3.8, 4) is 17.1 Å². The first kappa shape index (κ1) is 12.5. The fourth-order valence-electron chi connectivity index (χ4n) is 2.30. The molecule has 4 heteroatoms. The van der Waals surface area contributed by atoms with Gasteiger partial charge in [0.15, 0.2) is 0 Å². The molecule has 0 atom stereocenters. The van der Waals surface area contributed by atoms with Gasteiger partial charge in [0, 0.05) is 3.57 Å². The molecule has 96 valence electrons. The van der Waals surface area contributed by atoms with Crippen LogP contribution in [0, 0.1) is 17.4 Å². The molecule has 3 rings (SSSR count). The number of hydrogen-bond donors (Lipinski definition) is 2. The Morgan fingerprint density at radius 3 is 2.74 bits per heavy atom. The number of fused-ring (bicyclic) bond motifs is 1. The number of aromatic amines is 1. The highest BCUT2D eigenvalue weighted by Crippen LogP contribution is 2.31. The monoisotopic (exact) mass is 364 g/mol. The third-order valence-corrected chi connectivity index (χ3v) is 3.81. The van der Waals surface area contributed by atoms with Crippen LogP contribution in [0.3, 0.4) is 0 Å². The Labute approximate surface area is 124 Å². The second kappa shape index (κ2) is 4.52. The van der Waals surface area contributed by atoms with E-state index in [-0.39, 0.29) is 5.75 Å². The molecule has 0 saturated carbocycles. The minimum atomic E-state index is 0.244. The van der Waals surface area contributed by atoms with Crippen LogP contribution >= 0.6 is 22.6 Å². The zero-order valence-corrected chi connectivity index (χ0v) is 12.8. The summed E-state index contributed by atoms with van der Waals surface area (Å²) in [5.74, 6) is 0.952. The Balaban J connectivity index is 2.26. The molecule has 0 saturated heterocycles. The summed E-state index contributed by atoms with van der Waals surface area (Å²) in [7, 11) is 0. The van der Waals surface area contributed by atoms with Crippen LogP contribution in [0.4, 0.5) is 0 Å². The quantitative estimate of drug-likeness (QED) is 0.637. The molecule has 3 nitrogen and oxygen atoms in total. The van der Waals surface area contributed by atoms with Crippen molar-refractivity contribution in [3.05, 3.63) is 45.0 Å². The van der Waals surface area contributed by atoms with Crippen molar-refractivity contribution in [2.24, 2.45) is 0 Å². The number of hydrogen-bond acceptors (Lipinski definition) is 2. The highest BCUT2D eigenvalue weighted by Gasteiger charge is 2.11. The van der Waals surface area contributed by atoms with Gasteiger partial charge in [0.05, 0.1) is 16.6 Å². The van der Waals surface area contributed by atoms with Gasteiger partial charge in [-0.3, -0.25) is 0 Å². The van der Waals surface area contributed by atoms with Gasteiger partial charge in [0.1, 0.15) is 11.6 Å². The molecule has 0 radical (unpaired) electrons. The fourth-order valence-corrected chi connectivity index (χ4v) is 2.79. The molecule has 3 aromatic rings. The number of aromatic nitrogens is 2. The van der Waals surface area contributed by atoms with E-state index in [4.69, 9.17) is 0 Å². The number of phenols is 1. The Kier molecular flexibility index (Phi) is 2.97. The van der Waals surface area contributed by atoms with Gasteiger partial charge in [-0.2, -0.15) is 0 Å². The first-order valence-corrected chi connectivity index (χ1v) is 7.08. The van der Waals surface area contributed by atoms with E-state index in [1.54, 1.807) is 6.07 Å². The summed E-state index contributed by atoms with van der Waals surface area (Å²) in [6.45, 7) is 4.12. The normalized spacial score (nSPS) is 11.1. The van der Waals surface area contributed by atoms with Gasteiger partial charge in [-0.15, -0.1) is 0 Å². The van der Waals surface area contributed by atoms with Crippen molar-refractivity contribution in [2.45, 2.75) is 13.8 Å². The molecular formula is C15H13IN2O. The van der Waals surface area contributed by atoms with Crippen LogP contribution in [-0.4, -0.2) is 15.1 Å². The van der Waals surface area contributed by atoms with Crippen LogP contribution in [0.2, 0.25) is 0 Å². The lowest BCUT2D eigenvalue weighted by atomic mass is 10.1. The minimum Gasteiger partial charge on any atom is -0.507 e. The Morgan fingerprint density at radius 1 is 1.16 bits per heavy atom. The van der Waals surface area contributed by atoms with Crippen molar-refractivity contribution < 1.29 is 5.11 Å². The van der Waals surface area contributed by atoms with Crippen LogP contribution < -0.4 is 0 Å². The van der Waals surface area contributed by atoms with E-state index >= 15 is 0 Å². The van der Waals surface area contributed by atoms with E-state index in [9.17, 15) is 5.11 Å². The number of imidazole rings is 1. The predicted molar refractivity (Wildman–Crippen MR) is 85.4 cm³/mol. The molecule has 0 amide bonds. The average molecular weight is 364 g/mol. The third-order valence-electron chi connectivity index (χ3n) is 3.14. The Bertz CT molecular complexity index is 777. The largest absolute Gasteiger partial charge is 0.507 e. The number of aryl methyl sites for hydroxylation is 2. The molecule has 1 aromatic heterocycles. The van der Waals surface area contributed by atoms with Crippen molar-refractivity contribution >= 4 is 33.6 Å². The molecule has 0 bridgehead atoms. The van der Waals surface area contributed by atoms with Crippen molar-refractivity contribution in [1.82, 2.24) is 9.97 Å². The summed E-state index contributed by atoms with van der Waals surface area (Å²) in [5, 5.41) is 9.97. The zero-order valence-electron chi connectivity index (χ0n) is 10.7. The maximum atomic E-state index is 9.97. The van der Waals surface area contributed by atoms with E-state index < -0.39 is 0 Å². The number of halogens is 1. The lowest BCUT2D eigenvalue weighted by molar-refractivity contribution is 0.477. The highest BCUT2D eigenvalue weighted by atomic mass is 127. The molecule has 0 unspecified atom stereocenters. The number of nitrogens with one attached hydrogen (secondary N) is 1. The van der Waals surface area contributed by atoms with Crippen molar-refractivity contribution in [1.29, 1.82) is 0 Å². The second-order valence-corrected chi connectivity index (χ2v) is 5.97. The van der Waals surface area contributed by atoms with Gasteiger partial charge in [-0.25, -0.2) is 4.98 Å². The van der Waals surface area contributed by atoms with E-state index in [0.29, 0.717) is 5.82 Å². The van der Waals surface area contributed by atoms with E-state index in [2.05, 4.69) is 58.5 Å². The van der Waals surface area contributed by atoms with E-state index in [1.165, 1.54) is 5.56 Å². The molecule has 2 aromatic carbocycles. The van der Waals surface area contributed by atoms with Gasteiger partial charge in [-0.05, 0) is 71.8 Å². The molecule has 19 heavy (non-hydrogen) atoms. The average Bonchev–Trinajstić information content (AvgIpc) is 2.76. The molecule has 0 spiro atoms. The summed E-state index contributed by atoms with van der Waals surface area (Å²) in [6.07, 6.45) is 0. The summed E-state index contributed by atoms with van der Waals surface area (Å²) < 4.78 is 1.07. The standard InChI is InChI=1S/C15H13IN2O/c1-8-5-9(2)14-12(6-8)17-15(18-14)11-7-10(16)3-4-13(11)19/h3-7,19H,1-2H3,(H,17,18). The first-order valence-electron chi connectivity index (χ1n) is 6.00. The summed E-state index contributed by atoms with van der Waals surface area (Å²) in [4.78, 5) is 7.89. The van der Waals surface area contributed by atoms with Crippen LogP contribution in [0.1, 0.15) is 11.1 Å². The zero-order chi connectivity index (χ0) is 13.6. The predicted octanol–water partition coefficient (Wildman–Crippen LogP) is 4.16. The van der Waals surface area contributed by atoms with Gasteiger partial charge >= 0.3 is 0 Å². The second-order valence-electron chi connectivity index (χ2n) is 4.72. The Morgan fingerprint density at radius 2 is 1.95 bits per heavy atom. The van der Waals surface area contributed by atoms with Crippen LogP contribution in [0.5, 0.6) is 5.75 Å². The summed E-state index contributed by atoms with van der Waals surface area (Å²) in [6, 6.07) is 9.68. The number of aromatic hydroxyl groups is 1. The highest BCUT2D eigenvalue weighted by molar-refractivity contribution is 14.1. The minimum absolute atomic E-state index is 0.244. The van der Waals surface area contributed by atoms with Crippen molar-refractivity contribution in [3.63, 3.8) is 0 Å². The molecule has 2 N–H and O–H groups in total. The van der Waals surface area contributed by atoms with Crippen LogP contribution in [0.25, 0.3) is 22.4 Å². The number of rotatable bonds is 1.